The van der Waals surface area contributed by atoms with Crippen LogP contribution in [-0.4, -0.2) is 67.3 Å². The molecule has 0 saturated heterocycles. The normalized spacial score (nSPS) is 11.3. The van der Waals surface area contributed by atoms with E-state index in [2.05, 4.69) is 19.9 Å². The Labute approximate surface area is 248 Å². The second-order valence-electron chi connectivity index (χ2n) is 9.30. The van der Waals surface area contributed by atoms with E-state index in [0.717, 1.165) is 31.1 Å². The molecule has 4 nitrogen and oxygen atoms in total. The number of rotatable bonds is 17. The van der Waals surface area contributed by atoms with Crippen LogP contribution in [0.25, 0.3) is 10.8 Å². The molecule has 34 heavy (non-hydrogen) atoms. The molecule has 0 fully saturated rings. The molecule has 0 heterocycles. The average Bonchev–Trinajstić information content (AvgIpc) is 2.77. The minimum absolute atomic E-state index is 0. The molecule has 2 aromatic rings. The van der Waals surface area contributed by atoms with Gasteiger partial charge in [-0.25, -0.2) is 8.42 Å². The number of unbranched alkanes of at least 4 members (excludes halogenated alkanes) is 12. The Morgan fingerprint density at radius 2 is 1.15 bits per heavy atom. The monoisotopic (exact) mass is 614 g/mol. The fourth-order valence-electron chi connectivity index (χ4n) is 4.58. The summed E-state index contributed by atoms with van der Waals surface area (Å²) in [6.45, 7) is 4.48. The zero-order chi connectivity index (χ0) is 23.2. The summed E-state index contributed by atoms with van der Waals surface area (Å²) in [6, 6.07) is 9.37. The van der Waals surface area contributed by atoms with Crippen molar-refractivity contribution < 1.29 is 18.4 Å². The van der Waals surface area contributed by atoms with Gasteiger partial charge >= 0.3 is 48.9 Å². The standard InChI is InChI=1S/C28H44O3S.Ba.H2O/c1-3-5-7-9-11-13-15-17-24-19-21-26-27(23-24)25(20-22-28(26)32(29,30)31)18-16-14-12-10-8-6-4-2;;/h19-23H,3-18H2,1-2H3,(H,29,30,31);;1H2/q;+2;/p-2. The molecule has 0 atom stereocenters. The fraction of sp³-hybridized carbons (Fsp3) is 0.643. The second kappa shape index (κ2) is 19.3. The SMILES string of the molecule is CCCCCCCCCc1ccc2c(S(=O)(=O)[O-])ccc(CCCCCCCCC)c2c1.[Ba+2].[OH-]. The minimum Gasteiger partial charge on any atom is -0.870 e. The molecule has 6 heteroatoms. The maximum absolute atomic E-state index is 11.8. The van der Waals surface area contributed by atoms with Crippen LogP contribution in [0.3, 0.4) is 0 Å². The van der Waals surface area contributed by atoms with Crippen molar-refractivity contribution in [3.63, 3.8) is 0 Å². The van der Waals surface area contributed by atoms with Crippen molar-refractivity contribution >= 4 is 69.8 Å². The second-order valence-corrected chi connectivity index (χ2v) is 10.6. The summed E-state index contributed by atoms with van der Waals surface area (Å²) < 4.78 is 35.4. The van der Waals surface area contributed by atoms with E-state index in [0.29, 0.717) is 5.39 Å². The van der Waals surface area contributed by atoms with Crippen LogP contribution in [0, 0.1) is 0 Å². The maximum Gasteiger partial charge on any atom is 2.00 e. The molecule has 0 aliphatic heterocycles. The number of fused-ring (bicyclic) bond motifs is 1. The molecule has 2 rings (SSSR count). The quantitative estimate of drug-likeness (QED) is 0.104. The Kier molecular flexibility index (Phi) is 19.4. The van der Waals surface area contributed by atoms with E-state index in [-0.39, 0.29) is 59.3 Å². The van der Waals surface area contributed by atoms with Crippen molar-refractivity contribution in [2.75, 3.05) is 0 Å². The molecule has 0 spiro atoms. The Balaban J connectivity index is 0.00000544. The Hall–Kier alpha value is 0.141. The first-order valence-electron chi connectivity index (χ1n) is 13.0. The van der Waals surface area contributed by atoms with Crippen molar-refractivity contribution in [2.24, 2.45) is 0 Å². The van der Waals surface area contributed by atoms with Gasteiger partial charge in [-0.1, -0.05) is 115 Å². The van der Waals surface area contributed by atoms with Gasteiger partial charge in [-0.2, -0.15) is 0 Å². The number of benzene rings is 2. The van der Waals surface area contributed by atoms with Gasteiger partial charge in [0.15, 0.2) is 0 Å². The molecule has 1 N–H and O–H groups in total. The van der Waals surface area contributed by atoms with Gasteiger partial charge in [0.2, 0.25) is 0 Å². The molecular weight excluding hydrogens is 570 g/mol. The molecule has 0 aliphatic carbocycles. The van der Waals surface area contributed by atoms with Gasteiger partial charge < -0.3 is 10.0 Å². The molecule has 0 aromatic heterocycles. The predicted octanol–water partition coefficient (Wildman–Crippen LogP) is 7.77. The van der Waals surface area contributed by atoms with E-state index < -0.39 is 10.1 Å². The molecule has 0 saturated carbocycles. The first kappa shape index (κ1) is 34.1. The minimum atomic E-state index is -4.48. The summed E-state index contributed by atoms with van der Waals surface area (Å²) in [5.41, 5.74) is 2.41. The van der Waals surface area contributed by atoms with Crippen LogP contribution in [-0.2, 0) is 23.0 Å². The molecule has 0 aliphatic rings. The smallest absolute Gasteiger partial charge is 0.870 e. The summed E-state index contributed by atoms with van der Waals surface area (Å²) in [7, 11) is -4.48. The number of aryl methyl sites for hydroxylation is 2. The fourth-order valence-corrected chi connectivity index (χ4v) is 5.26. The van der Waals surface area contributed by atoms with Crippen LogP contribution < -0.4 is 0 Å². The predicted molar refractivity (Wildman–Crippen MR) is 143 cm³/mol. The maximum atomic E-state index is 11.8. The van der Waals surface area contributed by atoms with Crippen LogP contribution in [0.1, 0.15) is 115 Å². The van der Waals surface area contributed by atoms with Crippen LogP contribution in [0.5, 0.6) is 0 Å². The number of hydrogen-bond donors (Lipinski definition) is 0. The van der Waals surface area contributed by atoms with E-state index in [1.165, 1.54) is 94.2 Å². The van der Waals surface area contributed by atoms with Crippen molar-refractivity contribution in [1.82, 2.24) is 0 Å². The van der Waals surface area contributed by atoms with Crippen LogP contribution in [0.4, 0.5) is 0 Å². The first-order valence-corrected chi connectivity index (χ1v) is 14.4. The average molecular weight is 614 g/mol. The summed E-state index contributed by atoms with van der Waals surface area (Å²) >= 11 is 0. The molecule has 188 valence electrons. The molecule has 2 aromatic carbocycles. The van der Waals surface area contributed by atoms with Gasteiger partial charge in [-0.15, -0.1) is 0 Å². The Morgan fingerprint density at radius 3 is 1.68 bits per heavy atom. The third kappa shape index (κ3) is 12.4. The van der Waals surface area contributed by atoms with E-state index in [1.54, 1.807) is 0 Å². The molecule has 0 radical (unpaired) electrons. The van der Waals surface area contributed by atoms with Crippen LogP contribution in [0.15, 0.2) is 35.2 Å². The van der Waals surface area contributed by atoms with Crippen molar-refractivity contribution in [1.29, 1.82) is 0 Å². The topological polar surface area (TPSA) is 87.2 Å². The molecule has 0 unspecified atom stereocenters. The van der Waals surface area contributed by atoms with E-state index in [9.17, 15) is 13.0 Å². The zero-order valence-corrected chi connectivity index (χ0v) is 26.7. The van der Waals surface area contributed by atoms with Gasteiger partial charge in [0.25, 0.3) is 0 Å². The zero-order valence-electron chi connectivity index (χ0n) is 21.5. The Bertz CT molecular complexity index is 912. The molecular formula is C28H44BaO4S. The molecule has 0 bridgehead atoms. The number of hydrogen-bond acceptors (Lipinski definition) is 4. The van der Waals surface area contributed by atoms with Crippen LogP contribution in [0.2, 0.25) is 0 Å². The van der Waals surface area contributed by atoms with Crippen molar-refractivity contribution in [3.8, 4) is 0 Å². The third-order valence-corrected chi connectivity index (χ3v) is 7.41. The van der Waals surface area contributed by atoms with Gasteiger partial charge in [0.1, 0.15) is 10.1 Å². The van der Waals surface area contributed by atoms with Gasteiger partial charge in [0.05, 0.1) is 4.90 Å². The van der Waals surface area contributed by atoms with E-state index in [1.807, 2.05) is 18.2 Å². The first-order chi connectivity index (χ1) is 15.5. The Morgan fingerprint density at radius 1 is 0.647 bits per heavy atom. The van der Waals surface area contributed by atoms with E-state index >= 15 is 0 Å². The van der Waals surface area contributed by atoms with Gasteiger partial charge in [0, 0.05) is 0 Å². The largest absolute Gasteiger partial charge is 2.00 e. The van der Waals surface area contributed by atoms with Crippen molar-refractivity contribution in [2.45, 2.75) is 121 Å². The third-order valence-electron chi connectivity index (χ3n) is 6.52. The van der Waals surface area contributed by atoms with Gasteiger partial charge in [-0.05, 0) is 53.6 Å². The summed E-state index contributed by atoms with van der Waals surface area (Å²) in [4.78, 5) is -0.0849. The summed E-state index contributed by atoms with van der Waals surface area (Å²) in [5, 5.41) is 1.54. The van der Waals surface area contributed by atoms with Crippen molar-refractivity contribution in [3.05, 3.63) is 41.5 Å². The van der Waals surface area contributed by atoms with Gasteiger partial charge in [-0.3, -0.25) is 0 Å². The summed E-state index contributed by atoms with van der Waals surface area (Å²) in [5.74, 6) is 0. The summed E-state index contributed by atoms with van der Waals surface area (Å²) in [6.07, 6.45) is 19.6. The van der Waals surface area contributed by atoms with E-state index in [4.69, 9.17) is 0 Å². The molecule has 0 amide bonds. The van der Waals surface area contributed by atoms with Crippen LogP contribution >= 0.6 is 0 Å².